The summed E-state index contributed by atoms with van der Waals surface area (Å²) in [7, 11) is 0. The van der Waals surface area contributed by atoms with Gasteiger partial charge in [0.25, 0.3) is 5.78 Å². The number of pyridine rings is 1. The summed E-state index contributed by atoms with van der Waals surface area (Å²) in [5.74, 6) is -2.48. The van der Waals surface area contributed by atoms with Crippen LogP contribution >= 0.6 is 0 Å². The van der Waals surface area contributed by atoms with Crippen molar-refractivity contribution in [2.24, 2.45) is 0 Å². The zero-order valence-corrected chi connectivity index (χ0v) is 14.3. The van der Waals surface area contributed by atoms with Gasteiger partial charge >= 0.3 is 5.97 Å². The van der Waals surface area contributed by atoms with Crippen LogP contribution in [0.5, 0.6) is 0 Å². The summed E-state index contributed by atoms with van der Waals surface area (Å²) in [5.41, 5.74) is 1.88. The van der Waals surface area contributed by atoms with Crippen LogP contribution < -0.4 is 0 Å². The minimum Gasteiger partial charge on any atom is -0.475 e. The van der Waals surface area contributed by atoms with Gasteiger partial charge in [-0.3, -0.25) is 4.79 Å². The molecule has 4 nitrogen and oxygen atoms in total. The highest BCUT2D eigenvalue weighted by Gasteiger charge is 2.21. The molecule has 0 unspecified atom stereocenters. The molecule has 0 atom stereocenters. The number of aromatic nitrogens is 1. The van der Waals surface area contributed by atoms with E-state index in [4.69, 9.17) is 0 Å². The van der Waals surface area contributed by atoms with E-state index in [9.17, 15) is 14.7 Å². The van der Waals surface area contributed by atoms with Gasteiger partial charge in [-0.1, -0.05) is 66.7 Å². The number of benzene rings is 3. The molecule has 0 amide bonds. The van der Waals surface area contributed by atoms with Crippen LogP contribution in [0.4, 0.5) is 0 Å². The highest BCUT2D eigenvalue weighted by Crippen LogP contribution is 2.25. The van der Waals surface area contributed by atoms with Gasteiger partial charge in [0.05, 0.1) is 16.8 Å². The smallest absolute Gasteiger partial charge is 0.377 e. The average molecular weight is 353 g/mol. The van der Waals surface area contributed by atoms with Gasteiger partial charge in [-0.2, -0.15) is 0 Å². The van der Waals surface area contributed by atoms with Gasteiger partial charge in [-0.15, -0.1) is 0 Å². The van der Waals surface area contributed by atoms with Crippen LogP contribution in [0.2, 0.25) is 0 Å². The highest BCUT2D eigenvalue weighted by molar-refractivity contribution is 6.52. The second kappa shape index (κ2) is 6.84. The minimum atomic E-state index is -1.50. The van der Waals surface area contributed by atoms with Gasteiger partial charge in [0.2, 0.25) is 0 Å². The second-order valence-corrected chi connectivity index (χ2v) is 6.15. The summed E-state index contributed by atoms with van der Waals surface area (Å²) in [6, 6.07) is 24.5. The fourth-order valence-electron chi connectivity index (χ4n) is 3.12. The first-order valence-electron chi connectivity index (χ1n) is 8.47. The maximum absolute atomic E-state index is 12.4. The number of carboxylic acid groups (broad SMARTS) is 1. The average Bonchev–Trinajstić information content (AvgIpc) is 2.71. The number of Topliss-reactive ketones (excluding diaryl/α,β-unsaturated/α-hetero) is 1. The summed E-state index contributed by atoms with van der Waals surface area (Å²) in [5, 5.41) is 12.2. The Morgan fingerprint density at radius 3 is 2.30 bits per heavy atom. The molecule has 1 heterocycles. The maximum Gasteiger partial charge on any atom is 0.377 e. The normalized spacial score (nSPS) is 11.6. The first-order chi connectivity index (χ1) is 13.1. The van der Waals surface area contributed by atoms with Gasteiger partial charge in [-0.05, 0) is 34.5 Å². The minimum absolute atomic E-state index is 0.0598. The van der Waals surface area contributed by atoms with E-state index in [-0.39, 0.29) is 5.57 Å². The number of ketones is 1. The number of carbonyl (C=O) groups excluding carboxylic acids is 1. The van der Waals surface area contributed by atoms with Crippen molar-refractivity contribution < 1.29 is 14.7 Å². The van der Waals surface area contributed by atoms with Crippen molar-refractivity contribution in [3.63, 3.8) is 0 Å². The molecule has 1 aromatic heterocycles. The molecular formula is C23H15NO3. The molecule has 3 aromatic carbocycles. The van der Waals surface area contributed by atoms with Gasteiger partial charge in [0.1, 0.15) is 0 Å². The zero-order valence-electron chi connectivity index (χ0n) is 14.3. The van der Waals surface area contributed by atoms with E-state index in [2.05, 4.69) is 4.98 Å². The molecule has 0 fully saturated rings. The van der Waals surface area contributed by atoms with Crippen molar-refractivity contribution >= 4 is 45.1 Å². The Labute approximate surface area is 155 Å². The second-order valence-electron chi connectivity index (χ2n) is 6.15. The molecule has 4 aromatic rings. The predicted molar refractivity (Wildman–Crippen MR) is 106 cm³/mol. The topological polar surface area (TPSA) is 67.3 Å². The number of carbonyl (C=O) groups is 2. The fraction of sp³-hybridized carbons (Fsp3) is 0. The Balaban J connectivity index is 1.94. The van der Waals surface area contributed by atoms with E-state index in [1.807, 2.05) is 72.8 Å². The summed E-state index contributed by atoms with van der Waals surface area (Å²) >= 11 is 0. The predicted octanol–water partition coefficient (Wildman–Crippen LogP) is 4.58. The molecule has 27 heavy (non-hydrogen) atoms. The van der Waals surface area contributed by atoms with Crippen LogP contribution in [0.1, 0.15) is 11.3 Å². The Hall–Kier alpha value is -3.79. The van der Waals surface area contributed by atoms with Crippen LogP contribution in [0.3, 0.4) is 0 Å². The van der Waals surface area contributed by atoms with Crippen molar-refractivity contribution in [3.8, 4) is 0 Å². The Morgan fingerprint density at radius 2 is 1.48 bits per heavy atom. The van der Waals surface area contributed by atoms with E-state index in [1.54, 1.807) is 12.1 Å². The van der Waals surface area contributed by atoms with Gasteiger partial charge in [0, 0.05) is 5.39 Å². The Kier molecular flexibility index (Phi) is 4.22. The van der Waals surface area contributed by atoms with E-state index in [0.29, 0.717) is 11.2 Å². The van der Waals surface area contributed by atoms with Gasteiger partial charge in [-0.25, -0.2) is 9.78 Å². The molecule has 0 saturated carbocycles. The number of aliphatic carboxylic acids is 1. The number of rotatable bonds is 4. The summed E-state index contributed by atoms with van der Waals surface area (Å²) in [4.78, 5) is 28.3. The van der Waals surface area contributed by atoms with E-state index in [1.165, 1.54) is 0 Å². The molecule has 0 aliphatic heterocycles. The quantitative estimate of drug-likeness (QED) is 0.431. The molecule has 4 rings (SSSR count). The first kappa shape index (κ1) is 16.7. The SMILES string of the molecule is O=C(O)C(=O)/C(=C/c1cccc2ccccc12)c1ccc2ccccc2n1. The highest BCUT2D eigenvalue weighted by atomic mass is 16.4. The molecule has 1 N–H and O–H groups in total. The largest absolute Gasteiger partial charge is 0.475 e. The number of nitrogens with zero attached hydrogens (tertiary/aromatic N) is 1. The van der Waals surface area contributed by atoms with Crippen LogP contribution in [0, 0.1) is 0 Å². The molecule has 0 radical (unpaired) electrons. The first-order valence-corrected chi connectivity index (χ1v) is 8.47. The van der Waals surface area contributed by atoms with Crippen LogP contribution in [-0.4, -0.2) is 21.8 Å². The maximum atomic E-state index is 12.4. The summed E-state index contributed by atoms with van der Waals surface area (Å²) in [6.45, 7) is 0. The van der Waals surface area contributed by atoms with E-state index < -0.39 is 11.8 Å². The number of carboxylic acids is 1. The Bertz CT molecular complexity index is 1220. The lowest BCUT2D eigenvalue weighted by Crippen LogP contribution is -2.15. The summed E-state index contributed by atoms with van der Waals surface area (Å²) < 4.78 is 0. The zero-order chi connectivity index (χ0) is 18.8. The lowest BCUT2D eigenvalue weighted by Gasteiger charge is -2.08. The van der Waals surface area contributed by atoms with Crippen molar-refractivity contribution in [2.45, 2.75) is 0 Å². The molecule has 0 spiro atoms. The van der Waals surface area contributed by atoms with Crippen LogP contribution in [-0.2, 0) is 9.59 Å². The number of hydrogen-bond acceptors (Lipinski definition) is 3. The lowest BCUT2D eigenvalue weighted by atomic mass is 9.98. The molecular weight excluding hydrogens is 338 g/mol. The summed E-state index contributed by atoms with van der Waals surface area (Å²) in [6.07, 6.45) is 1.61. The molecule has 0 aliphatic rings. The van der Waals surface area contributed by atoms with Crippen molar-refractivity contribution in [2.75, 3.05) is 0 Å². The Morgan fingerprint density at radius 1 is 0.778 bits per heavy atom. The third kappa shape index (κ3) is 3.20. The van der Waals surface area contributed by atoms with E-state index in [0.717, 1.165) is 21.7 Å². The molecule has 0 bridgehead atoms. The van der Waals surface area contributed by atoms with Gasteiger partial charge in [0.15, 0.2) is 0 Å². The fourth-order valence-corrected chi connectivity index (χ4v) is 3.12. The standard InChI is InChI=1S/C23H15NO3/c25-22(23(26)27)19(21-13-12-16-7-2-4-11-20(16)24-21)14-17-9-5-8-15-6-1-3-10-18(15)17/h1-14H,(H,26,27)/b19-14+. The third-order valence-corrected chi connectivity index (χ3v) is 4.44. The lowest BCUT2D eigenvalue weighted by molar-refractivity contribution is -0.146. The molecule has 0 saturated heterocycles. The molecule has 4 heteroatoms. The van der Waals surface area contributed by atoms with Crippen molar-refractivity contribution in [3.05, 3.63) is 90.1 Å². The third-order valence-electron chi connectivity index (χ3n) is 4.44. The van der Waals surface area contributed by atoms with Crippen molar-refractivity contribution in [1.29, 1.82) is 0 Å². The van der Waals surface area contributed by atoms with Crippen molar-refractivity contribution in [1.82, 2.24) is 4.98 Å². The number of fused-ring (bicyclic) bond motifs is 2. The van der Waals surface area contributed by atoms with Gasteiger partial charge < -0.3 is 5.11 Å². The monoisotopic (exact) mass is 353 g/mol. The molecule has 0 aliphatic carbocycles. The molecule has 130 valence electrons. The number of hydrogen-bond donors (Lipinski definition) is 1. The van der Waals surface area contributed by atoms with Crippen LogP contribution in [0.25, 0.3) is 33.3 Å². The van der Waals surface area contributed by atoms with Crippen LogP contribution in [0.15, 0.2) is 78.9 Å². The van der Waals surface area contributed by atoms with E-state index >= 15 is 0 Å². The number of para-hydroxylation sites is 1.